The highest BCUT2D eigenvalue weighted by molar-refractivity contribution is 5.92. The van der Waals surface area contributed by atoms with Crippen LogP contribution in [0.4, 0.5) is 22.1 Å². The Hall–Kier alpha value is -4.80. The Labute approximate surface area is 218 Å². The van der Waals surface area contributed by atoms with Gasteiger partial charge in [-0.25, -0.2) is 29.2 Å². The first-order chi connectivity index (χ1) is 18.4. The lowest BCUT2D eigenvalue weighted by Gasteiger charge is -2.38. The summed E-state index contributed by atoms with van der Waals surface area (Å²) < 4.78 is 1.76. The van der Waals surface area contributed by atoms with Gasteiger partial charge in [-0.2, -0.15) is 5.10 Å². The molecule has 1 aliphatic heterocycles. The molecule has 11 nitrogen and oxygen atoms in total. The predicted octanol–water partition coefficient (Wildman–Crippen LogP) is 3.90. The average molecular weight is 510 g/mol. The molecule has 0 saturated carbocycles. The Balaban J connectivity index is 1.23. The number of benzene rings is 1. The Kier molecular flexibility index (Phi) is 5.95. The number of aryl methyl sites for hydroxylation is 1. The molecule has 5 heterocycles. The second kappa shape index (κ2) is 9.58. The van der Waals surface area contributed by atoms with Gasteiger partial charge in [0.25, 0.3) is 0 Å². The molecular weight excluding hydrogens is 482 g/mol. The highest BCUT2D eigenvalue weighted by Crippen LogP contribution is 2.28. The minimum Gasteiger partial charge on any atom is -0.465 e. The largest absolute Gasteiger partial charge is 0.465 e. The summed E-state index contributed by atoms with van der Waals surface area (Å²) in [6.45, 7) is 5.61. The van der Waals surface area contributed by atoms with Crippen molar-refractivity contribution in [3.05, 3.63) is 78.1 Å². The third-order valence-electron chi connectivity index (χ3n) is 7.05. The van der Waals surface area contributed by atoms with E-state index in [1.807, 2.05) is 19.2 Å². The van der Waals surface area contributed by atoms with Crippen molar-refractivity contribution >= 4 is 40.0 Å². The molecule has 0 aliphatic carbocycles. The molecule has 1 atom stereocenters. The van der Waals surface area contributed by atoms with Crippen LogP contribution in [0.2, 0.25) is 0 Å². The van der Waals surface area contributed by atoms with Crippen LogP contribution >= 0.6 is 0 Å². The van der Waals surface area contributed by atoms with Crippen LogP contribution < -0.4 is 10.2 Å². The summed E-state index contributed by atoms with van der Waals surface area (Å²) in [5, 5.41) is 17.9. The smallest absolute Gasteiger partial charge is 0.407 e. The van der Waals surface area contributed by atoms with Crippen molar-refractivity contribution < 1.29 is 9.90 Å². The van der Waals surface area contributed by atoms with E-state index in [2.05, 4.69) is 72.5 Å². The van der Waals surface area contributed by atoms with Crippen LogP contribution in [-0.4, -0.2) is 71.3 Å². The fourth-order valence-corrected chi connectivity index (χ4v) is 4.97. The zero-order valence-corrected chi connectivity index (χ0v) is 21.1. The van der Waals surface area contributed by atoms with Crippen LogP contribution in [0.5, 0.6) is 0 Å². The van der Waals surface area contributed by atoms with E-state index >= 15 is 0 Å². The summed E-state index contributed by atoms with van der Waals surface area (Å²) >= 11 is 0. The summed E-state index contributed by atoms with van der Waals surface area (Å²) in [4.78, 5) is 32.8. The number of hydrogen-bond donors (Lipinski definition) is 2. The van der Waals surface area contributed by atoms with Gasteiger partial charge in [-0.1, -0.05) is 6.07 Å². The topological polar surface area (TPSA) is 125 Å². The van der Waals surface area contributed by atoms with Crippen molar-refractivity contribution in [2.45, 2.75) is 26.3 Å². The van der Waals surface area contributed by atoms with Gasteiger partial charge in [0.1, 0.15) is 24.3 Å². The lowest BCUT2D eigenvalue weighted by Crippen LogP contribution is -2.53. The molecule has 11 heteroatoms. The monoisotopic (exact) mass is 509 g/mol. The molecule has 1 unspecified atom stereocenters. The van der Waals surface area contributed by atoms with Gasteiger partial charge in [-0.15, -0.1) is 0 Å². The van der Waals surface area contributed by atoms with Gasteiger partial charge in [0.15, 0.2) is 5.65 Å². The maximum absolute atomic E-state index is 11.4. The fourth-order valence-electron chi connectivity index (χ4n) is 4.97. The first-order valence-corrected chi connectivity index (χ1v) is 12.4. The van der Waals surface area contributed by atoms with Crippen molar-refractivity contribution in [1.29, 1.82) is 0 Å². The van der Waals surface area contributed by atoms with Gasteiger partial charge in [0.05, 0.1) is 11.7 Å². The number of fused-ring (bicyclic) bond motifs is 2. The molecule has 1 amide bonds. The number of anilines is 3. The lowest BCUT2D eigenvalue weighted by molar-refractivity contribution is 0.122. The lowest BCUT2D eigenvalue weighted by atomic mass is 10.0. The van der Waals surface area contributed by atoms with Crippen molar-refractivity contribution in [3.63, 3.8) is 0 Å². The van der Waals surface area contributed by atoms with E-state index in [1.165, 1.54) is 27.9 Å². The predicted molar refractivity (Wildman–Crippen MR) is 144 cm³/mol. The van der Waals surface area contributed by atoms with Crippen LogP contribution in [-0.2, 0) is 6.42 Å². The van der Waals surface area contributed by atoms with Crippen LogP contribution in [0.3, 0.4) is 0 Å². The number of rotatable bonds is 5. The van der Waals surface area contributed by atoms with E-state index in [0.29, 0.717) is 25.5 Å². The third-order valence-corrected chi connectivity index (χ3v) is 7.05. The fraction of sp³-hybridized carbons (Fsp3) is 0.259. The molecule has 1 aliphatic rings. The van der Waals surface area contributed by atoms with Gasteiger partial charge in [-0.05, 0) is 67.3 Å². The summed E-state index contributed by atoms with van der Waals surface area (Å²) in [7, 11) is 0. The van der Waals surface area contributed by atoms with E-state index in [1.54, 1.807) is 17.0 Å². The summed E-state index contributed by atoms with van der Waals surface area (Å²) in [6.07, 6.45) is 6.67. The number of aromatic nitrogens is 6. The zero-order valence-electron chi connectivity index (χ0n) is 21.1. The van der Waals surface area contributed by atoms with Gasteiger partial charge < -0.3 is 20.2 Å². The normalized spacial score (nSPS) is 15.8. The second-order valence-electron chi connectivity index (χ2n) is 9.59. The third kappa shape index (κ3) is 4.54. The Bertz CT molecular complexity index is 1650. The van der Waals surface area contributed by atoms with Gasteiger partial charge in [-0.3, -0.25) is 0 Å². The van der Waals surface area contributed by atoms with E-state index in [-0.39, 0.29) is 6.04 Å². The molecule has 5 aromatic rings. The number of carbonyl (C=O) groups is 1. The molecule has 1 aromatic carbocycles. The first-order valence-electron chi connectivity index (χ1n) is 12.4. The number of nitrogens with one attached hydrogen (secondary N) is 1. The van der Waals surface area contributed by atoms with E-state index < -0.39 is 6.09 Å². The van der Waals surface area contributed by atoms with Crippen LogP contribution in [0, 0.1) is 6.92 Å². The Morgan fingerprint density at radius 1 is 1.08 bits per heavy atom. The van der Waals surface area contributed by atoms with Crippen molar-refractivity contribution in [2.75, 3.05) is 29.9 Å². The van der Waals surface area contributed by atoms with Crippen LogP contribution in [0.15, 0.2) is 61.4 Å². The standard InChI is InChI=1S/C27H27N9O2/c1-17-9-21(4-3-20(17)10-19-5-6-36-25(11-19)30-16-32-36)33-26-22-12-24(28-13-23(22)29-15-31-26)34-7-8-35(27(37)38)18(2)14-34/h3-6,9,11-13,15-16,18H,7-8,10,14H2,1-2H3,(H,37,38)(H,29,31,33). The van der Waals surface area contributed by atoms with Gasteiger partial charge in [0, 0.05) is 42.9 Å². The molecule has 38 heavy (non-hydrogen) atoms. The molecule has 192 valence electrons. The number of piperazine rings is 1. The average Bonchev–Trinajstić information content (AvgIpc) is 3.38. The molecule has 0 bridgehead atoms. The summed E-state index contributed by atoms with van der Waals surface area (Å²) in [5.74, 6) is 1.48. The molecular formula is C27H27N9O2. The Morgan fingerprint density at radius 3 is 2.79 bits per heavy atom. The molecule has 1 saturated heterocycles. The summed E-state index contributed by atoms with van der Waals surface area (Å²) in [6, 6.07) is 12.3. The van der Waals surface area contributed by atoms with E-state index in [0.717, 1.165) is 34.5 Å². The molecule has 0 radical (unpaired) electrons. The van der Waals surface area contributed by atoms with Crippen LogP contribution in [0.1, 0.15) is 23.6 Å². The molecule has 6 rings (SSSR count). The minimum atomic E-state index is -0.888. The van der Waals surface area contributed by atoms with Gasteiger partial charge >= 0.3 is 6.09 Å². The van der Waals surface area contributed by atoms with Crippen LogP contribution in [0.25, 0.3) is 16.6 Å². The highest BCUT2D eigenvalue weighted by Gasteiger charge is 2.28. The molecule has 4 aromatic heterocycles. The van der Waals surface area contributed by atoms with E-state index in [4.69, 9.17) is 0 Å². The van der Waals surface area contributed by atoms with Gasteiger partial charge in [0.2, 0.25) is 0 Å². The molecule has 2 N–H and O–H groups in total. The number of amides is 1. The minimum absolute atomic E-state index is 0.122. The maximum Gasteiger partial charge on any atom is 0.407 e. The Morgan fingerprint density at radius 2 is 1.97 bits per heavy atom. The second-order valence-corrected chi connectivity index (χ2v) is 9.59. The quantitative estimate of drug-likeness (QED) is 0.363. The number of nitrogens with zero attached hydrogens (tertiary/aromatic N) is 8. The maximum atomic E-state index is 11.4. The zero-order chi connectivity index (χ0) is 26.2. The van der Waals surface area contributed by atoms with E-state index in [9.17, 15) is 9.90 Å². The molecule has 1 fully saturated rings. The number of carboxylic acid groups (broad SMARTS) is 1. The van der Waals surface area contributed by atoms with Crippen molar-refractivity contribution in [2.24, 2.45) is 0 Å². The van der Waals surface area contributed by atoms with Crippen molar-refractivity contribution in [1.82, 2.24) is 34.4 Å². The number of pyridine rings is 2. The highest BCUT2D eigenvalue weighted by atomic mass is 16.4. The van der Waals surface area contributed by atoms with Crippen molar-refractivity contribution in [3.8, 4) is 0 Å². The summed E-state index contributed by atoms with van der Waals surface area (Å²) in [5.41, 5.74) is 6.08. The SMILES string of the molecule is Cc1cc(Nc2ncnc3cnc(N4CCN(C(=O)O)C(C)C4)cc23)ccc1Cc1ccn2ncnc2c1. The molecule has 0 spiro atoms. The first kappa shape index (κ1) is 23.6. The number of hydrogen-bond acceptors (Lipinski definition) is 8.